The number of hydrogen-bond acceptors (Lipinski definition) is 4. The second-order valence-corrected chi connectivity index (χ2v) is 3.67. The normalized spacial score (nSPS) is 14.9. The third-order valence-corrected chi connectivity index (χ3v) is 2.20. The largest absolute Gasteiger partial charge is 0.508 e. The fourth-order valence-electron chi connectivity index (χ4n) is 1.51. The van der Waals surface area contributed by atoms with E-state index in [-0.39, 0.29) is 5.75 Å². The van der Waals surface area contributed by atoms with Crippen LogP contribution in [-0.4, -0.2) is 35.0 Å². The molecule has 2 unspecified atom stereocenters. The highest BCUT2D eigenvalue weighted by Crippen LogP contribution is 2.22. The van der Waals surface area contributed by atoms with Gasteiger partial charge >= 0.3 is 0 Å². The summed E-state index contributed by atoms with van der Waals surface area (Å²) < 4.78 is 0. The van der Waals surface area contributed by atoms with Gasteiger partial charge in [-0.3, -0.25) is 0 Å². The summed E-state index contributed by atoms with van der Waals surface area (Å²) in [6.07, 6.45) is -1.86. The lowest BCUT2D eigenvalue weighted by molar-refractivity contribution is 0.0201. The lowest BCUT2D eigenvalue weighted by Gasteiger charge is -2.18. The van der Waals surface area contributed by atoms with Crippen molar-refractivity contribution in [2.45, 2.75) is 19.1 Å². The van der Waals surface area contributed by atoms with Crippen molar-refractivity contribution in [1.82, 2.24) is 5.32 Å². The molecule has 0 heterocycles. The maximum atomic E-state index is 9.77. The highest BCUT2D eigenvalue weighted by Gasteiger charge is 2.18. The molecule has 1 aromatic rings. The van der Waals surface area contributed by atoms with Crippen LogP contribution >= 0.6 is 0 Å². The monoisotopic (exact) mass is 211 g/mol. The Morgan fingerprint density at radius 3 is 2.47 bits per heavy atom. The number of phenols is 1. The predicted octanol–water partition coefficient (Wildman–Crippen LogP) is 0.314. The summed E-state index contributed by atoms with van der Waals surface area (Å²) in [5.41, 5.74) is 1.37. The minimum Gasteiger partial charge on any atom is -0.508 e. The Balaban J connectivity index is 2.85. The summed E-state index contributed by atoms with van der Waals surface area (Å²) in [4.78, 5) is 0. The van der Waals surface area contributed by atoms with E-state index in [1.54, 1.807) is 19.2 Å². The zero-order valence-electron chi connectivity index (χ0n) is 8.94. The number of aryl methyl sites for hydroxylation is 1. The highest BCUT2D eigenvalue weighted by molar-refractivity contribution is 5.34. The number of likely N-dealkylation sites (N-methyl/N-ethyl adjacent to an activating group) is 1. The van der Waals surface area contributed by atoms with Gasteiger partial charge in [-0.25, -0.2) is 0 Å². The number of nitrogens with one attached hydrogen (secondary N) is 1. The molecular formula is C11H17NO3. The van der Waals surface area contributed by atoms with Gasteiger partial charge in [0.15, 0.2) is 0 Å². The Hall–Kier alpha value is -1.10. The SMILES string of the molecule is CNCC(O)C(O)c1cc(C)cc(O)c1. The Labute approximate surface area is 89.2 Å². The van der Waals surface area contributed by atoms with Gasteiger partial charge in [0, 0.05) is 6.54 Å². The van der Waals surface area contributed by atoms with Crippen LogP contribution < -0.4 is 5.32 Å². The first-order chi connectivity index (χ1) is 7.04. The summed E-state index contributed by atoms with van der Waals surface area (Å²) in [6.45, 7) is 2.12. The standard InChI is InChI=1S/C11H17NO3/c1-7-3-8(5-9(13)4-7)11(15)10(14)6-12-2/h3-5,10-15H,6H2,1-2H3. The molecule has 15 heavy (non-hydrogen) atoms. The molecule has 0 saturated heterocycles. The molecule has 0 aliphatic rings. The van der Waals surface area contributed by atoms with Crippen molar-refractivity contribution in [3.8, 4) is 5.75 Å². The first kappa shape index (κ1) is 12.0. The molecule has 0 bridgehead atoms. The average Bonchev–Trinajstić information content (AvgIpc) is 2.15. The van der Waals surface area contributed by atoms with Gasteiger partial charge in [0.1, 0.15) is 11.9 Å². The van der Waals surface area contributed by atoms with E-state index in [0.717, 1.165) is 5.56 Å². The summed E-state index contributed by atoms with van der Waals surface area (Å²) in [5, 5.41) is 31.4. The van der Waals surface area contributed by atoms with Crippen LogP contribution in [-0.2, 0) is 0 Å². The molecule has 0 aliphatic carbocycles. The maximum Gasteiger partial charge on any atom is 0.116 e. The van der Waals surface area contributed by atoms with Crippen LogP contribution in [0.3, 0.4) is 0 Å². The van der Waals surface area contributed by atoms with E-state index in [1.807, 2.05) is 6.92 Å². The molecule has 4 N–H and O–H groups in total. The Morgan fingerprint density at radius 2 is 1.93 bits per heavy atom. The zero-order chi connectivity index (χ0) is 11.4. The van der Waals surface area contributed by atoms with Crippen LogP contribution in [0.2, 0.25) is 0 Å². The smallest absolute Gasteiger partial charge is 0.116 e. The van der Waals surface area contributed by atoms with Crippen LogP contribution in [0.4, 0.5) is 0 Å². The number of benzene rings is 1. The third kappa shape index (κ3) is 3.20. The van der Waals surface area contributed by atoms with Gasteiger partial charge in [0.2, 0.25) is 0 Å². The van der Waals surface area contributed by atoms with E-state index < -0.39 is 12.2 Å². The number of rotatable bonds is 4. The van der Waals surface area contributed by atoms with Crippen molar-refractivity contribution in [1.29, 1.82) is 0 Å². The van der Waals surface area contributed by atoms with Crippen LogP contribution in [0.1, 0.15) is 17.2 Å². The molecule has 0 aromatic heterocycles. The van der Waals surface area contributed by atoms with Gasteiger partial charge in [-0.15, -0.1) is 0 Å². The van der Waals surface area contributed by atoms with Crippen molar-refractivity contribution in [2.24, 2.45) is 0 Å². The van der Waals surface area contributed by atoms with E-state index in [2.05, 4.69) is 5.32 Å². The summed E-state index contributed by atoms with van der Waals surface area (Å²) in [7, 11) is 1.70. The van der Waals surface area contributed by atoms with Crippen molar-refractivity contribution < 1.29 is 15.3 Å². The van der Waals surface area contributed by atoms with Crippen LogP contribution in [0, 0.1) is 6.92 Å². The van der Waals surface area contributed by atoms with Gasteiger partial charge in [-0.1, -0.05) is 6.07 Å². The van der Waals surface area contributed by atoms with Gasteiger partial charge in [0.25, 0.3) is 0 Å². The van der Waals surface area contributed by atoms with E-state index in [9.17, 15) is 15.3 Å². The Bertz CT molecular complexity index is 307. The highest BCUT2D eigenvalue weighted by atomic mass is 16.3. The summed E-state index contributed by atoms with van der Waals surface area (Å²) >= 11 is 0. The Morgan fingerprint density at radius 1 is 1.27 bits per heavy atom. The van der Waals surface area contributed by atoms with Crippen molar-refractivity contribution in [3.63, 3.8) is 0 Å². The molecule has 0 radical (unpaired) electrons. The molecule has 0 spiro atoms. The lowest BCUT2D eigenvalue weighted by atomic mass is 10.0. The first-order valence-corrected chi connectivity index (χ1v) is 4.86. The average molecular weight is 211 g/mol. The fourth-order valence-corrected chi connectivity index (χ4v) is 1.51. The minimum atomic E-state index is -0.983. The zero-order valence-corrected chi connectivity index (χ0v) is 8.94. The Kier molecular flexibility index (Phi) is 4.08. The van der Waals surface area contributed by atoms with Crippen LogP contribution in [0.5, 0.6) is 5.75 Å². The number of phenolic OH excluding ortho intramolecular Hbond substituents is 1. The third-order valence-electron chi connectivity index (χ3n) is 2.20. The fraction of sp³-hybridized carbons (Fsp3) is 0.455. The number of aliphatic hydroxyl groups is 2. The summed E-state index contributed by atoms with van der Waals surface area (Å²) in [5.74, 6) is 0.0979. The van der Waals surface area contributed by atoms with Crippen molar-refractivity contribution in [2.75, 3.05) is 13.6 Å². The number of aliphatic hydroxyl groups excluding tert-OH is 2. The molecule has 4 heteroatoms. The van der Waals surface area contributed by atoms with Crippen molar-refractivity contribution in [3.05, 3.63) is 29.3 Å². The molecule has 1 aromatic carbocycles. The maximum absolute atomic E-state index is 9.77. The molecule has 84 valence electrons. The topological polar surface area (TPSA) is 72.7 Å². The van der Waals surface area contributed by atoms with Crippen LogP contribution in [0.15, 0.2) is 18.2 Å². The van der Waals surface area contributed by atoms with E-state index in [1.165, 1.54) is 6.07 Å². The van der Waals surface area contributed by atoms with E-state index >= 15 is 0 Å². The van der Waals surface area contributed by atoms with E-state index in [0.29, 0.717) is 12.1 Å². The number of hydrogen-bond donors (Lipinski definition) is 4. The quantitative estimate of drug-likeness (QED) is 0.578. The molecule has 1 rings (SSSR count). The van der Waals surface area contributed by atoms with Crippen molar-refractivity contribution >= 4 is 0 Å². The molecule has 0 saturated carbocycles. The molecular weight excluding hydrogens is 194 g/mol. The van der Waals surface area contributed by atoms with Gasteiger partial charge in [-0.05, 0) is 37.2 Å². The van der Waals surface area contributed by atoms with Gasteiger partial charge < -0.3 is 20.6 Å². The molecule has 4 nitrogen and oxygen atoms in total. The lowest BCUT2D eigenvalue weighted by Crippen LogP contribution is -2.29. The minimum absolute atomic E-state index is 0.0979. The summed E-state index contributed by atoms with van der Waals surface area (Å²) in [6, 6.07) is 4.79. The predicted molar refractivity (Wildman–Crippen MR) is 57.7 cm³/mol. The van der Waals surface area contributed by atoms with E-state index in [4.69, 9.17) is 0 Å². The first-order valence-electron chi connectivity index (χ1n) is 4.86. The molecule has 0 aliphatic heterocycles. The van der Waals surface area contributed by atoms with Crippen LogP contribution in [0.25, 0.3) is 0 Å². The molecule has 0 amide bonds. The second kappa shape index (κ2) is 5.11. The number of aromatic hydroxyl groups is 1. The molecule has 0 fully saturated rings. The molecule has 2 atom stereocenters. The van der Waals surface area contributed by atoms with Gasteiger partial charge in [0.05, 0.1) is 6.10 Å². The van der Waals surface area contributed by atoms with Gasteiger partial charge in [-0.2, -0.15) is 0 Å². The second-order valence-electron chi connectivity index (χ2n) is 3.67.